The molecule has 0 aromatic carbocycles. The Labute approximate surface area is 100 Å². The lowest BCUT2D eigenvalue weighted by atomic mass is 10.2. The molecule has 1 atom stereocenters. The molecule has 0 aliphatic rings. The van der Waals surface area contributed by atoms with Gasteiger partial charge in [0, 0.05) is 43.5 Å². The van der Waals surface area contributed by atoms with Crippen LogP contribution in [0.25, 0.3) is 0 Å². The Balaban J connectivity index is 2.39. The first-order valence-electron chi connectivity index (χ1n) is 5.55. The molecule has 0 radical (unpaired) electrons. The minimum atomic E-state index is -0.0681. The van der Waals surface area contributed by atoms with E-state index in [2.05, 4.69) is 4.98 Å². The van der Waals surface area contributed by atoms with Crippen LogP contribution >= 0.6 is 11.3 Å². The highest BCUT2D eigenvalue weighted by Gasteiger charge is 2.13. The van der Waals surface area contributed by atoms with Crippen molar-refractivity contribution in [3.63, 3.8) is 0 Å². The fourth-order valence-electron chi connectivity index (χ4n) is 1.47. The van der Waals surface area contributed by atoms with E-state index in [4.69, 9.17) is 5.73 Å². The first kappa shape index (κ1) is 13.1. The van der Waals surface area contributed by atoms with Gasteiger partial charge in [0.2, 0.25) is 5.91 Å². The molecule has 1 heterocycles. The average Bonchev–Trinajstić information content (AvgIpc) is 2.70. The summed E-state index contributed by atoms with van der Waals surface area (Å²) in [5.41, 5.74) is 5.62. The third-order valence-corrected chi connectivity index (χ3v) is 3.15. The van der Waals surface area contributed by atoms with Gasteiger partial charge in [0.25, 0.3) is 0 Å². The van der Waals surface area contributed by atoms with E-state index in [1.54, 1.807) is 17.5 Å². The lowest BCUT2D eigenvalue weighted by molar-refractivity contribution is -0.131. The SMILES string of the molecule is CCN(CCc1nccs1)C(=O)CC(C)N. The monoisotopic (exact) mass is 241 g/mol. The maximum absolute atomic E-state index is 11.8. The van der Waals surface area contributed by atoms with E-state index in [9.17, 15) is 4.79 Å². The second kappa shape index (κ2) is 6.60. The van der Waals surface area contributed by atoms with Crippen molar-refractivity contribution < 1.29 is 4.79 Å². The highest BCUT2D eigenvalue weighted by molar-refractivity contribution is 7.09. The van der Waals surface area contributed by atoms with E-state index >= 15 is 0 Å². The van der Waals surface area contributed by atoms with Gasteiger partial charge in [-0.1, -0.05) is 0 Å². The van der Waals surface area contributed by atoms with Crippen LogP contribution in [0, 0.1) is 0 Å². The molecule has 4 nitrogen and oxygen atoms in total. The summed E-state index contributed by atoms with van der Waals surface area (Å²) in [5.74, 6) is 0.133. The maximum atomic E-state index is 11.8. The molecule has 0 saturated carbocycles. The zero-order valence-corrected chi connectivity index (χ0v) is 10.7. The summed E-state index contributed by atoms with van der Waals surface area (Å²) in [6.07, 6.45) is 3.04. The van der Waals surface area contributed by atoms with Gasteiger partial charge in [0.05, 0.1) is 5.01 Å². The molecule has 0 fully saturated rings. The second-order valence-electron chi connectivity index (χ2n) is 3.83. The van der Waals surface area contributed by atoms with Crippen LogP contribution in [-0.2, 0) is 11.2 Å². The number of amides is 1. The molecule has 1 unspecified atom stereocenters. The van der Waals surface area contributed by atoms with Crippen molar-refractivity contribution in [2.24, 2.45) is 5.73 Å². The van der Waals surface area contributed by atoms with E-state index in [-0.39, 0.29) is 11.9 Å². The van der Waals surface area contributed by atoms with E-state index in [1.165, 1.54) is 0 Å². The van der Waals surface area contributed by atoms with Gasteiger partial charge in [0.1, 0.15) is 0 Å². The predicted molar refractivity (Wildman–Crippen MR) is 66.3 cm³/mol. The van der Waals surface area contributed by atoms with Crippen LogP contribution in [0.15, 0.2) is 11.6 Å². The number of hydrogen-bond donors (Lipinski definition) is 1. The number of carbonyl (C=O) groups excluding carboxylic acids is 1. The van der Waals surface area contributed by atoms with Gasteiger partial charge in [-0.15, -0.1) is 11.3 Å². The number of aromatic nitrogens is 1. The van der Waals surface area contributed by atoms with Gasteiger partial charge in [-0.2, -0.15) is 0 Å². The molecule has 2 N–H and O–H groups in total. The second-order valence-corrected chi connectivity index (χ2v) is 4.81. The summed E-state index contributed by atoms with van der Waals surface area (Å²) < 4.78 is 0. The minimum Gasteiger partial charge on any atom is -0.343 e. The number of nitrogens with zero attached hydrogens (tertiary/aromatic N) is 2. The van der Waals surface area contributed by atoms with E-state index in [0.29, 0.717) is 6.42 Å². The Kier molecular flexibility index (Phi) is 5.42. The highest BCUT2D eigenvalue weighted by atomic mass is 32.1. The number of hydrogen-bond acceptors (Lipinski definition) is 4. The number of likely N-dealkylation sites (N-methyl/N-ethyl adjacent to an activating group) is 1. The minimum absolute atomic E-state index is 0.0681. The van der Waals surface area contributed by atoms with Gasteiger partial charge in [-0.25, -0.2) is 4.98 Å². The summed E-state index contributed by atoms with van der Waals surface area (Å²) in [7, 11) is 0. The molecule has 0 aliphatic heterocycles. The molecular weight excluding hydrogens is 222 g/mol. The third kappa shape index (κ3) is 4.28. The van der Waals surface area contributed by atoms with Gasteiger partial charge in [-0.3, -0.25) is 4.79 Å². The van der Waals surface area contributed by atoms with Gasteiger partial charge < -0.3 is 10.6 Å². The lowest BCUT2D eigenvalue weighted by Gasteiger charge is -2.21. The summed E-state index contributed by atoms with van der Waals surface area (Å²) in [6.45, 7) is 5.31. The van der Waals surface area contributed by atoms with Crippen LogP contribution in [0.1, 0.15) is 25.3 Å². The quantitative estimate of drug-likeness (QED) is 0.816. The van der Waals surface area contributed by atoms with Crippen molar-refractivity contribution >= 4 is 17.2 Å². The van der Waals surface area contributed by atoms with Crippen molar-refractivity contribution in [2.75, 3.05) is 13.1 Å². The zero-order valence-electron chi connectivity index (χ0n) is 9.85. The van der Waals surface area contributed by atoms with Gasteiger partial charge in [0.15, 0.2) is 0 Å². The first-order chi connectivity index (χ1) is 7.63. The Morgan fingerprint density at radius 3 is 2.94 bits per heavy atom. The highest BCUT2D eigenvalue weighted by Crippen LogP contribution is 2.06. The maximum Gasteiger partial charge on any atom is 0.224 e. The number of nitrogens with two attached hydrogens (primary N) is 1. The van der Waals surface area contributed by atoms with Crippen molar-refractivity contribution in [2.45, 2.75) is 32.7 Å². The van der Waals surface area contributed by atoms with Crippen molar-refractivity contribution in [3.05, 3.63) is 16.6 Å². The van der Waals surface area contributed by atoms with Crippen molar-refractivity contribution in [1.82, 2.24) is 9.88 Å². The summed E-state index contributed by atoms with van der Waals surface area (Å²) in [5, 5.41) is 3.03. The van der Waals surface area contributed by atoms with E-state index in [0.717, 1.165) is 24.5 Å². The lowest BCUT2D eigenvalue weighted by Crippen LogP contribution is -2.36. The van der Waals surface area contributed by atoms with Crippen LogP contribution in [0.2, 0.25) is 0 Å². The largest absolute Gasteiger partial charge is 0.343 e. The average molecular weight is 241 g/mol. The predicted octanol–water partition coefficient (Wildman–Crippen LogP) is 1.27. The summed E-state index contributed by atoms with van der Waals surface area (Å²) in [6, 6.07) is -0.0681. The molecule has 0 bridgehead atoms. The first-order valence-corrected chi connectivity index (χ1v) is 6.43. The Morgan fingerprint density at radius 2 is 2.44 bits per heavy atom. The van der Waals surface area contributed by atoms with Crippen LogP contribution in [0.5, 0.6) is 0 Å². The van der Waals surface area contributed by atoms with Crippen LogP contribution < -0.4 is 5.73 Å². The number of thiazole rings is 1. The van der Waals surface area contributed by atoms with Crippen LogP contribution in [-0.4, -0.2) is 34.9 Å². The van der Waals surface area contributed by atoms with Crippen LogP contribution in [0.4, 0.5) is 0 Å². The van der Waals surface area contributed by atoms with Crippen LogP contribution in [0.3, 0.4) is 0 Å². The molecule has 0 aliphatic carbocycles. The fourth-order valence-corrected chi connectivity index (χ4v) is 2.08. The normalized spacial score (nSPS) is 12.4. The Hall–Kier alpha value is -0.940. The summed E-state index contributed by atoms with van der Waals surface area (Å²) in [4.78, 5) is 17.8. The van der Waals surface area contributed by atoms with E-state index < -0.39 is 0 Å². The zero-order chi connectivity index (χ0) is 12.0. The molecule has 1 rings (SSSR count). The van der Waals surface area contributed by atoms with Crippen molar-refractivity contribution in [1.29, 1.82) is 0 Å². The fraction of sp³-hybridized carbons (Fsp3) is 0.636. The van der Waals surface area contributed by atoms with Gasteiger partial charge in [-0.05, 0) is 13.8 Å². The molecule has 90 valence electrons. The number of carbonyl (C=O) groups is 1. The molecule has 1 aromatic rings. The number of rotatable bonds is 6. The summed E-state index contributed by atoms with van der Waals surface area (Å²) >= 11 is 1.63. The molecule has 0 saturated heterocycles. The molecule has 16 heavy (non-hydrogen) atoms. The third-order valence-electron chi connectivity index (χ3n) is 2.31. The van der Waals surface area contributed by atoms with Crippen molar-refractivity contribution in [3.8, 4) is 0 Å². The molecule has 0 spiro atoms. The Morgan fingerprint density at radius 1 is 1.69 bits per heavy atom. The molecule has 1 aromatic heterocycles. The Bertz CT molecular complexity index is 311. The molecular formula is C11H19N3OS. The standard InChI is InChI=1S/C11H19N3OS/c1-3-14(11(15)8-9(2)12)6-4-10-13-5-7-16-10/h5,7,9H,3-4,6,8,12H2,1-2H3. The smallest absolute Gasteiger partial charge is 0.224 e. The topological polar surface area (TPSA) is 59.2 Å². The van der Waals surface area contributed by atoms with Gasteiger partial charge >= 0.3 is 0 Å². The molecule has 5 heteroatoms. The van der Waals surface area contributed by atoms with E-state index in [1.807, 2.05) is 24.1 Å². The molecule has 1 amide bonds.